The Labute approximate surface area is 218 Å². The van der Waals surface area contributed by atoms with E-state index in [1.54, 1.807) is 0 Å². The first kappa shape index (κ1) is 25.8. The molecule has 11 heteroatoms. The van der Waals surface area contributed by atoms with Gasteiger partial charge in [0.05, 0.1) is 35.1 Å². The monoisotopic (exact) mass is 521 g/mol. The smallest absolute Gasteiger partial charge is 0.373 e. The molecule has 2 saturated heterocycles. The van der Waals surface area contributed by atoms with Gasteiger partial charge >= 0.3 is 6.15 Å². The lowest BCUT2D eigenvalue weighted by atomic mass is 9.69. The highest BCUT2D eigenvalue weighted by Gasteiger charge is 2.49. The van der Waals surface area contributed by atoms with Crippen LogP contribution in [0, 0.1) is 12.7 Å². The van der Waals surface area contributed by atoms with E-state index in [0.29, 0.717) is 42.2 Å². The molecule has 1 amide bonds. The highest BCUT2D eigenvalue weighted by Crippen LogP contribution is 2.46. The minimum Gasteiger partial charge on any atom is -0.480 e. The van der Waals surface area contributed by atoms with Gasteiger partial charge in [-0.25, -0.2) is 9.37 Å². The summed E-state index contributed by atoms with van der Waals surface area (Å²) in [6.07, 6.45) is 6.74. The van der Waals surface area contributed by atoms with Crippen LogP contribution in [0.5, 0.6) is 5.75 Å². The predicted molar refractivity (Wildman–Crippen MR) is 133 cm³/mol. The van der Waals surface area contributed by atoms with E-state index >= 15 is 0 Å². The molecule has 0 spiro atoms. The Hall–Kier alpha value is -3.79. The van der Waals surface area contributed by atoms with Gasteiger partial charge in [-0.15, -0.1) is 0 Å². The summed E-state index contributed by atoms with van der Waals surface area (Å²) < 4.78 is 26.5. The highest BCUT2D eigenvalue weighted by molar-refractivity contribution is 5.94. The molecule has 2 N–H and O–H groups in total. The first-order chi connectivity index (χ1) is 18.3. The Morgan fingerprint density at radius 2 is 1.92 bits per heavy atom. The molecule has 0 atom stereocenters. The Balaban J connectivity index is 0.000000937. The van der Waals surface area contributed by atoms with Gasteiger partial charge in [-0.2, -0.15) is 9.59 Å². The van der Waals surface area contributed by atoms with E-state index in [-0.39, 0.29) is 35.6 Å². The van der Waals surface area contributed by atoms with Gasteiger partial charge in [-0.3, -0.25) is 14.8 Å². The second-order valence-corrected chi connectivity index (χ2v) is 10.1. The molecule has 2 bridgehead atoms. The molecule has 3 fully saturated rings. The van der Waals surface area contributed by atoms with Crippen LogP contribution in [0.15, 0.2) is 30.5 Å². The second-order valence-electron chi connectivity index (χ2n) is 10.1. The van der Waals surface area contributed by atoms with Crippen molar-refractivity contribution in [3.05, 3.63) is 53.2 Å². The number of rotatable bonds is 6. The topological polar surface area (TPSA) is 132 Å². The summed E-state index contributed by atoms with van der Waals surface area (Å²) in [7, 11) is 0. The maximum Gasteiger partial charge on any atom is 0.373 e. The highest BCUT2D eigenvalue weighted by atomic mass is 19.1. The van der Waals surface area contributed by atoms with Crippen molar-refractivity contribution in [1.82, 2.24) is 20.3 Å². The number of amides is 1. The third kappa shape index (κ3) is 5.26. The van der Waals surface area contributed by atoms with Crippen LogP contribution in [0.1, 0.15) is 49.1 Å². The van der Waals surface area contributed by atoms with Crippen molar-refractivity contribution in [2.45, 2.75) is 63.1 Å². The van der Waals surface area contributed by atoms with Gasteiger partial charge in [0, 0.05) is 23.3 Å². The molecule has 0 radical (unpaired) electrons. The van der Waals surface area contributed by atoms with E-state index in [4.69, 9.17) is 19.1 Å². The number of aromatic nitrogens is 3. The maximum atomic E-state index is 14.7. The van der Waals surface area contributed by atoms with Gasteiger partial charge in [0.25, 0.3) is 5.91 Å². The number of hydrogen-bond donors (Lipinski definition) is 2. The third-order valence-corrected chi connectivity index (χ3v) is 7.68. The minimum atomic E-state index is -0.297. The van der Waals surface area contributed by atoms with Crippen LogP contribution in [-0.2, 0) is 32.1 Å². The quantitative estimate of drug-likeness (QED) is 0.502. The summed E-state index contributed by atoms with van der Waals surface area (Å²) in [4.78, 5) is 41.1. The number of fused-ring (bicyclic) bond motifs is 5. The van der Waals surface area contributed by atoms with E-state index in [0.717, 1.165) is 49.0 Å². The van der Waals surface area contributed by atoms with Crippen LogP contribution >= 0.6 is 0 Å². The average Bonchev–Trinajstić information content (AvgIpc) is 2.93. The van der Waals surface area contributed by atoms with Crippen LogP contribution in [-0.4, -0.2) is 51.4 Å². The fraction of sp³-hybridized carbons (Fsp3) is 0.444. The number of nitrogens with one attached hydrogen (secondary N) is 2. The molecule has 3 aromatic heterocycles. The van der Waals surface area contributed by atoms with Crippen LogP contribution in [0.2, 0.25) is 0 Å². The molecule has 6 heterocycles. The van der Waals surface area contributed by atoms with E-state index in [2.05, 4.69) is 25.6 Å². The molecule has 3 aromatic rings. The van der Waals surface area contributed by atoms with E-state index in [1.165, 1.54) is 6.20 Å². The minimum absolute atomic E-state index is 0.0225. The number of pyridine rings is 3. The van der Waals surface area contributed by atoms with Crippen LogP contribution in [0.25, 0.3) is 11.0 Å². The first-order valence-electron chi connectivity index (χ1n) is 12.6. The number of anilines is 1. The van der Waals surface area contributed by atoms with Crippen molar-refractivity contribution >= 4 is 28.9 Å². The number of nitrogens with zero attached hydrogens (tertiary/aromatic N) is 3. The molecule has 10 nitrogen and oxygen atoms in total. The van der Waals surface area contributed by atoms with Gasteiger partial charge < -0.3 is 20.1 Å². The molecule has 3 aliphatic heterocycles. The zero-order chi connectivity index (χ0) is 26.8. The van der Waals surface area contributed by atoms with Gasteiger partial charge in [0.1, 0.15) is 5.82 Å². The lowest BCUT2D eigenvalue weighted by molar-refractivity contribution is -0.191. The number of hydrogen-bond acceptors (Lipinski definition) is 9. The van der Waals surface area contributed by atoms with Crippen LogP contribution in [0.4, 0.5) is 10.2 Å². The molecule has 0 unspecified atom stereocenters. The molecule has 7 rings (SSSR count). The van der Waals surface area contributed by atoms with E-state index < -0.39 is 0 Å². The second kappa shape index (κ2) is 10.5. The number of ether oxygens (including phenoxy) is 2. The summed E-state index contributed by atoms with van der Waals surface area (Å²) in [6, 6.07) is 7.56. The number of halogens is 1. The molecule has 0 aromatic carbocycles. The van der Waals surface area contributed by atoms with E-state index in [9.17, 15) is 9.18 Å². The number of aryl methyl sites for hydroxylation is 2. The van der Waals surface area contributed by atoms with Gasteiger partial charge in [0.15, 0.2) is 18.2 Å². The molecule has 198 valence electrons. The summed E-state index contributed by atoms with van der Waals surface area (Å²) in [5, 5.41) is 6.43. The molecular formula is C27H28FN5O5. The van der Waals surface area contributed by atoms with Gasteiger partial charge in [-0.1, -0.05) is 0 Å². The van der Waals surface area contributed by atoms with Crippen LogP contribution < -0.4 is 15.4 Å². The number of carbonyl (C=O) groups excluding carboxylic acids is 3. The molecule has 38 heavy (non-hydrogen) atoms. The van der Waals surface area contributed by atoms with Gasteiger partial charge in [0.2, 0.25) is 0 Å². The normalized spacial score (nSPS) is 23.5. The maximum absolute atomic E-state index is 14.7. The van der Waals surface area contributed by atoms with Crippen molar-refractivity contribution in [2.24, 2.45) is 0 Å². The van der Waals surface area contributed by atoms with Crippen molar-refractivity contribution in [3.63, 3.8) is 0 Å². The molecule has 1 saturated carbocycles. The van der Waals surface area contributed by atoms with Crippen LogP contribution in [0.3, 0.4) is 0 Å². The third-order valence-electron chi connectivity index (χ3n) is 7.68. The lowest BCUT2D eigenvalue weighted by Crippen LogP contribution is -2.61. The van der Waals surface area contributed by atoms with Crippen molar-refractivity contribution < 1.29 is 28.2 Å². The standard InChI is InChI=1S/C26H28FN5O3.CO2/c1-16-2-4-20-23(30-16)18(19(27)13-28-20)6-7-26-10-8-25(9-11-26,15-35-26)29-12-17-3-5-21-24(31-17)32-22(33)14-34-21;2-1-3/h2-5,13,29H,6-12,14-15H2,1H3,(H,31,32,33);. The Morgan fingerprint density at radius 3 is 2.66 bits per heavy atom. The SMILES string of the molecule is Cc1ccc2ncc(F)c(CCC34CCC(NCc5ccc6c(n5)NC(=O)CO6)(CC3)CO4)c2n1.O=C=O. The Kier molecular flexibility index (Phi) is 7.16. The molecule has 1 aliphatic carbocycles. The Bertz CT molecular complexity index is 1380. The zero-order valence-corrected chi connectivity index (χ0v) is 21.0. The average molecular weight is 522 g/mol. The summed E-state index contributed by atoms with van der Waals surface area (Å²) >= 11 is 0. The fourth-order valence-corrected chi connectivity index (χ4v) is 5.48. The fourth-order valence-electron chi connectivity index (χ4n) is 5.48. The summed E-state index contributed by atoms with van der Waals surface area (Å²) in [6.45, 7) is 3.14. The lowest BCUT2D eigenvalue weighted by Gasteiger charge is -2.53. The van der Waals surface area contributed by atoms with Crippen molar-refractivity contribution in [1.29, 1.82) is 0 Å². The first-order valence-corrected chi connectivity index (χ1v) is 12.6. The van der Waals surface area contributed by atoms with E-state index in [1.807, 2.05) is 31.2 Å². The predicted octanol–water partition coefficient (Wildman–Crippen LogP) is 3.02. The number of carbonyl (C=O) groups is 1. The largest absolute Gasteiger partial charge is 0.480 e. The van der Waals surface area contributed by atoms with Gasteiger partial charge in [-0.05, 0) is 69.7 Å². The summed E-state index contributed by atoms with van der Waals surface area (Å²) in [5.74, 6) is 0.581. The Morgan fingerprint density at radius 1 is 1.13 bits per heavy atom. The molecular weight excluding hydrogens is 493 g/mol. The van der Waals surface area contributed by atoms with Crippen molar-refractivity contribution in [2.75, 3.05) is 18.5 Å². The zero-order valence-electron chi connectivity index (χ0n) is 21.0. The molecule has 4 aliphatic rings. The van der Waals surface area contributed by atoms with Crippen molar-refractivity contribution in [3.8, 4) is 5.75 Å². The summed E-state index contributed by atoms with van der Waals surface area (Å²) in [5.41, 5.74) is 3.40.